The molecule has 0 radical (unpaired) electrons. The number of nitrogens with zero attached hydrogens (tertiary/aromatic N) is 5. The van der Waals surface area contributed by atoms with Crippen molar-refractivity contribution in [3.63, 3.8) is 0 Å². The maximum Gasteiger partial charge on any atom is 0.338 e. The van der Waals surface area contributed by atoms with Gasteiger partial charge in [-0.15, -0.1) is 0 Å². The number of rotatable bonds is 19. The SMILES string of the molecule is CC(C)(C)OC(=O)C[C@@H](CCCC1CCCCC1)C(=O)O/N=C(\N)Cc1cccnc1.CC(C)(C)OC(=O)C[C@@H](CCCC1CCCCC1)c1nc(Cc2cccnc2)no1. The first-order valence-electron chi connectivity index (χ1n) is 22.7. The Morgan fingerprint density at radius 3 is 1.85 bits per heavy atom. The van der Waals surface area contributed by atoms with Crippen molar-refractivity contribution in [2.45, 2.75) is 187 Å². The van der Waals surface area contributed by atoms with Crippen LogP contribution in [0.15, 0.2) is 58.7 Å². The van der Waals surface area contributed by atoms with Gasteiger partial charge in [-0.2, -0.15) is 4.98 Å². The first-order chi connectivity index (χ1) is 29.1. The lowest BCUT2D eigenvalue weighted by Crippen LogP contribution is -2.28. The number of ether oxygens (including phenoxy) is 2. The average molecular weight is 845 g/mol. The van der Waals surface area contributed by atoms with E-state index in [9.17, 15) is 14.4 Å². The summed E-state index contributed by atoms with van der Waals surface area (Å²) in [5.74, 6) is 1.06. The minimum absolute atomic E-state index is 0.0151. The van der Waals surface area contributed by atoms with Gasteiger partial charge in [0.25, 0.3) is 0 Å². The van der Waals surface area contributed by atoms with E-state index in [0.29, 0.717) is 31.0 Å². The second kappa shape index (κ2) is 25.3. The molecule has 2 fully saturated rings. The molecule has 0 unspecified atom stereocenters. The molecule has 3 aromatic heterocycles. The van der Waals surface area contributed by atoms with Crippen LogP contribution in [0.1, 0.15) is 186 Å². The summed E-state index contributed by atoms with van der Waals surface area (Å²) in [6.45, 7) is 11.1. The summed E-state index contributed by atoms with van der Waals surface area (Å²) in [6, 6.07) is 7.56. The molecule has 2 aliphatic carbocycles. The minimum atomic E-state index is -0.597. The molecular weight excluding hydrogens is 773 g/mol. The summed E-state index contributed by atoms with van der Waals surface area (Å²) in [6.07, 6.45) is 26.9. The topological polar surface area (TPSA) is 182 Å². The molecule has 2 saturated carbocycles. The van der Waals surface area contributed by atoms with Gasteiger partial charge in [0.05, 0.1) is 18.8 Å². The van der Waals surface area contributed by atoms with Crippen LogP contribution in [0, 0.1) is 17.8 Å². The number of oxime groups is 1. The lowest BCUT2D eigenvalue weighted by molar-refractivity contribution is -0.161. The molecule has 2 atom stereocenters. The Bertz CT molecular complexity index is 1760. The zero-order valence-electron chi connectivity index (χ0n) is 37.7. The van der Waals surface area contributed by atoms with Crippen LogP contribution < -0.4 is 5.73 Å². The highest BCUT2D eigenvalue weighted by atomic mass is 16.7. The molecule has 336 valence electrons. The number of aromatic nitrogens is 4. The fourth-order valence-corrected chi connectivity index (χ4v) is 8.15. The van der Waals surface area contributed by atoms with Gasteiger partial charge in [-0.3, -0.25) is 19.6 Å². The molecule has 13 heteroatoms. The van der Waals surface area contributed by atoms with Gasteiger partial charge < -0.3 is 24.6 Å². The monoisotopic (exact) mass is 845 g/mol. The maximum atomic E-state index is 12.7. The molecule has 0 saturated heterocycles. The van der Waals surface area contributed by atoms with E-state index in [1.54, 1.807) is 30.9 Å². The van der Waals surface area contributed by atoms with E-state index in [0.717, 1.165) is 48.6 Å². The summed E-state index contributed by atoms with van der Waals surface area (Å²) in [4.78, 5) is 55.4. The highest BCUT2D eigenvalue weighted by molar-refractivity contribution is 5.84. The van der Waals surface area contributed by atoms with Crippen LogP contribution in [0.3, 0.4) is 0 Å². The van der Waals surface area contributed by atoms with E-state index in [1.165, 1.54) is 70.6 Å². The normalized spacial score (nSPS) is 16.5. The smallest absolute Gasteiger partial charge is 0.338 e. The van der Waals surface area contributed by atoms with Crippen LogP contribution >= 0.6 is 0 Å². The lowest BCUT2D eigenvalue weighted by atomic mass is 9.84. The van der Waals surface area contributed by atoms with E-state index < -0.39 is 29.1 Å². The molecule has 0 aliphatic heterocycles. The van der Waals surface area contributed by atoms with Gasteiger partial charge in [-0.25, -0.2) is 4.79 Å². The quantitative estimate of drug-likeness (QED) is 0.0397. The largest absolute Gasteiger partial charge is 0.460 e. The number of hydrogen-bond acceptors (Lipinski definition) is 12. The van der Waals surface area contributed by atoms with Gasteiger partial charge in [0.15, 0.2) is 5.82 Å². The van der Waals surface area contributed by atoms with Crippen molar-refractivity contribution < 1.29 is 33.2 Å². The highest BCUT2D eigenvalue weighted by Gasteiger charge is 2.29. The van der Waals surface area contributed by atoms with Crippen molar-refractivity contribution in [3.05, 3.63) is 71.9 Å². The van der Waals surface area contributed by atoms with E-state index in [4.69, 9.17) is 24.6 Å². The van der Waals surface area contributed by atoms with Crippen molar-refractivity contribution in [2.75, 3.05) is 0 Å². The van der Waals surface area contributed by atoms with Crippen molar-refractivity contribution in [2.24, 2.45) is 28.6 Å². The molecular formula is C48H72N6O7. The Morgan fingerprint density at radius 2 is 1.31 bits per heavy atom. The molecule has 0 amide bonds. The molecule has 5 rings (SSSR count). The van der Waals surface area contributed by atoms with E-state index in [1.807, 2.05) is 59.7 Å². The van der Waals surface area contributed by atoms with Gasteiger partial charge in [0.1, 0.15) is 17.0 Å². The van der Waals surface area contributed by atoms with Crippen molar-refractivity contribution in [1.29, 1.82) is 0 Å². The molecule has 2 N–H and O–H groups in total. The van der Waals surface area contributed by atoms with Gasteiger partial charge in [-0.1, -0.05) is 112 Å². The van der Waals surface area contributed by atoms with E-state index in [-0.39, 0.29) is 30.6 Å². The second-order valence-corrected chi connectivity index (χ2v) is 19.0. The highest BCUT2D eigenvalue weighted by Crippen LogP contribution is 2.32. The molecule has 2 aliphatic rings. The van der Waals surface area contributed by atoms with Crippen LogP contribution in [-0.2, 0) is 41.5 Å². The van der Waals surface area contributed by atoms with Crippen LogP contribution in [-0.4, -0.2) is 55.1 Å². The van der Waals surface area contributed by atoms with Gasteiger partial charge >= 0.3 is 17.9 Å². The number of carbonyl (C=O) groups excluding carboxylic acids is 3. The lowest BCUT2D eigenvalue weighted by Gasteiger charge is -2.23. The molecule has 0 aromatic carbocycles. The van der Waals surface area contributed by atoms with Crippen molar-refractivity contribution in [3.8, 4) is 0 Å². The summed E-state index contributed by atoms with van der Waals surface area (Å²) < 4.78 is 16.5. The zero-order valence-corrected chi connectivity index (χ0v) is 37.7. The first-order valence-corrected chi connectivity index (χ1v) is 22.7. The fraction of sp³-hybridized carbons (Fsp3) is 0.667. The number of nitrogens with two attached hydrogens (primary N) is 1. The van der Waals surface area contributed by atoms with Crippen LogP contribution in [0.4, 0.5) is 0 Å². The summed E-state index contributed by atoms with van der Waals surface area (Å²) in [5.41, 5.74) is 6.70. The fourth-order valence-electron chi connectivity index (χ4n) is 8.15. The van der Waals surface area contributed by atoms with E-state index in [2.05, 4.69) is 25.3 Å². The third-order valence-corrected chi connectivity index (χ3v) is 11.1. The predicted molar refractivity (Wildman–Crippen MR) is 235 cm³/mol. The number of pyridine rings is 2. The summed E-state index contributed by atoms with van der Waals surface area (Å²) >= 11 is 0. The zero-order chi connectivity index (χ0) is 44.1. The number of hydrogen-bond donors (Lipinski definition) is 1. The predicted octanol–water partition coefficient (Wildman–Crippen LogP) is 10.2. The third kappa shape index (κ3) is 20.6. The van der Waals surface area contributed by atoms with Crippen molar-refractivity contribution in [1.82, 2.24) is 20.1 Å². The molecule has 0 bridgehead atoms. The van der Waals surface area contributed by atoms with Crippen LogP contribution in [0.5, 0.6) is 0 Å². The van der Waals surface area contributed by atoms with Crippen molar-refractivity contribution >= 4 is 23.7 Å². The Hall–Kier alpha value is -4.68. The van der Waals surface area contributed by atoms with Gasteiger partial charge in [0.2, 0.25) is 5.89 Å². The first kappa shape index (κ1) is 49.0. The molecule has 13 nitrogen and oxygen atoms in total. The Kier molecular flexibility index (Phi) is 20.3. The maximum absolute atomic E-state index is 12.7. The van der Waals surface area contributed by atoms with Gasteiger partial charge in [-0.05, 0) is 89.5 Å². The summed E-state index contributed by atoms with van der Waals surface area (Å²) in [5, 5.41) is 7.93. The summed E-state index contributed by atoms with van der Waals surface area (Å²) in [7, 11) is 0. The van der Waals surface area contributed by atoms with E-state index >= 15 is 0 Å². The minimum Gasteiger partial charge on any atom is -0.460 e. The molecule has 3 heterocycles. The van der Waals surface area contributed by atoms with Gasteiger partial charge in [0, 0.05) is 43.5 Å². The Labute approximate surface area is 363 Å². The Balaban J connectivity index is 0.000000269. The second-order valence-electron chi connectivity index (χ2n) is 19.0. The van der Waals surface area contributed by atoms with Crippen LogP contribution in [0.25, 0.3) is 0 Å². The Morgan fingerprint density at radius 1 is 0.770 bits per heavy atom. The number of esters is 2. The molecule has 61 heavy (non-hydrogen) atoms. The molecule has 3 aromatic rings. The average Bonchev–Trinajstić information content (AvgIpc) is 3.68. The number of amidine groups is 1. The third-order valence-electron chi connectivity index (χ3n) is 11.1. The molecule has 0 spiro atoms. The van der Waals surface area contributed by atoms with Crippen LogP contribution in [0.2, 0.25) is 0 Å². The number of carbonyl (C=O) groups is 3. The standard InChI is InChI=1S/C24H37N3O4.C24H35N3O3/c1-24(2,3)30-22(28)16-20(13-7-11-18-9-5-4-6-10-18)23(29)31-27-21(25)15-19-12-8-14-26-17-19;1-24(2,3)29-22(28)16-20(13-7-11-18-9-5-4-6-10-18)23-26-21(27-30-23)15-19-12-8-14-25-17-19/h8,12,14,17-18,20H,4-7,9-11,13,15-16H2,1-3H3,(H2,25,27);8,12,14,17-18,20H,4-7,9-11,13,15-16H2,1-3H3/t2*20-/m11/s1.